The largest absolute Gasteiger partial charge is 0.270 e. The summed E-state index contributed by atoms with van der Waals surface area (Å²) in [5.74, 6) is 0.630. The normalized spacial score (nSPS) is 11.3. The average molecular weight is 290 g/mol. The van der Waals surface area contributed by atoms with Crippen LogP contribution in [0.1, 0.15) is 5.56 Å². The zero-order chi connectivity index (χ0) is 13.4. The highest BCUT2D eigenvalue weighted by Gasteiger charge is 2.11. The van der Waals surface area contributed by atoms with Gasteiger partial charge in [-0.1, -0.05) is 48.1 Å². The van der Waals surface area contributed by atoms with Crippen LogP contribution in [0.15, 0.2) is 47.1 Å². The fraction of sp³-hybridized carbons (Fsp3) is 0.143. The van der Waals surface area contributed by atoms with Crippen LogP contribution in [0.3, 0.4) is 0 Å². The van der Waals surface area contributed by atoms with Crippen molar-refractivity contribution in [3.05, 3.63) is 47.5 Å². The van der Waals surface area contributed by atoms with Crippen molar-refractivity contribution in [3.63, 3.8) is 0 Å². The molecule has 0 spiro atoms. The van der Waals surface area contributed by atoms with Crippen molar-refractivity contribution in [2.75, 3.05) is 5.75 Å². The van der Waals surface area contributed by atoms with Gasteiger partial charge in [0.15, 0.2) is 10.8 Å². The fourth-order valence-electron chi connectivity index (χ4n) is 2.11. The second-order valence-corrected chi connectivity index (χ2v) is 5.80. The maximum Gasteiger partial charge on any atom is 0.196 e. The van der Waals surface area contributed by atoms with Crippen molar-refractivity contribution in [2.24, 2.45) is 0 Å². The minimum atomic E-state index is 0.609. The zero-order valence-corrected chi connectivity index (χ0v) is 12.0. The highest BCUT2D eigenvalue weighted by molar-refractivity contribution is 7.99. The summed E-state index contributed by atoms with van der Waals surface area (Å²) in [5.41, 5.74) is 3.18. The lowest BCUT2D eigenvalue weighted by molar-refractivity contribution is 0.941. The van der Waals surface area contributed by atoms with E-state index in [1.165, 1.54) is 10.9 Å². The van der Waals surface area contributed by atoms with E-state index >= 15 is 0 Å². The molecule has 0 radical (unpaired) electrons. The number of aryl methyl sites for hydroxylation is 1. The second-order valence-electron chi connectivity index (χ2n) is 4.33. The van der Waals surface area contributed by atoms with Crippen molar-refractivity contribution in [1.82, 2.24) is 14.6 Å². The number of hydrogen-bond donors (Lipinski definition) is 0. The molecule has 96 valence electrons. The van der Waals surface area contributed by atoms with E-state index < -0.39 is 0 Å². The number of thioether (sulfide) groups is 1. The Morgan fingerprint density at radius 2 is 2.16 bits per heavy atom. The lowest BCUT2D eigenvalue weighted by Crippen LogP contribution is -1.93. The van der Waals surface area contributed by atoms with E-state index in [0.29, 0.717) is 10.8 Å². The molecular weight excluding hydrogens is 278 g/mol. The standard InChI is InChI=1S/C14H12ClN3S/c1-9-7-13-16-17-14(19-8-10(2)15)18(13)12-6-4-3-5-11(9)12/h3-7H,2,8H2,1H3. The summed E-state index contributed by atoms with van der Waals surface area (Å²) in [4.78, 5) is 0. The van der Waals surface area contributed by atoms with Gasteiger partial charge in [-0.15, -0.1) is 10.2 Å². The van der Waals surface area contributed by atoms with Crippen LogP contribution in [0.2, 0.25) is 0 Å². The van der Waals surface area contributed by atoms with Crippen molar-refractivity contribution < 1.29 is 0 Å². The summed E-state index contributed by atoms with van der Waals surface area (Å²) in [7, 11) is 0. The van der Waals surface area contributed by atoms with Gasteiger partial charge in [0.1, 0.15) is 0 Å². The third kappa shape index (κ3) is 2.22. The number of nitrogens with zero attached hydrogens (tertiary/aromatic N) is 3. The number of benzene rings is 1. The molecular formula is C14H12ClN3S. The van der Waals surface area contributed by atoms with Gasteiger partial charge >= 0.3 is 0 Å². The quantitative estimate of drug-likeness (QED) is 0.682. The molecule has 1 aromatic carbocycles. The molecule has 0 fully saturated rings. The summed E-state index contributed by atoms with van der Waals surface area (Å²) in [6.07, 6.45) is 0. The topological polar surface area (TPSA) is 30.2 Å². The molecule has 0 aliphatic carbocycles. The molecule has 0 atom stereocenters. The van der Waals surface area contributed by atoms with Crippen molar-refractivity contribution in [3.8, 4) is 0 Å². The molecule has 0 saturated heterocycles. The smallest absolute Gasteiger partial charge is 0.196 e. The minimum Gasteiger partial charge on any atom is -0.270 e. The van der Waals surface area contributed by atoms with Gasteiger partial charge < -0.3 is 0 Å². The number of pyridine rings is 1. The summed E-state index contributed by atoms with van der Waals surface area (Å²) in [5, 5.41) is 11.1. The maximum atomic E-state index is 5.82. The van der Waals surface area contributed by atoms with Crippen LogP contribution in [-0.2, 0) is 0 Å². The SMILES string of the molecule is C=C(Cl)CSc1nnc2cc(C)c3ccccc3n12. The summed E-state index contributed by atoms with van der Waals surface area (Å²) in [6, 6.07) is 10.3. The Morgan fingerprint density at radius 1 is 1.37 bits per heavy atom. The molecule has 3 rings (SSSR count). The van der Waals surface area contributed by atoms with Crippen LogP contribution >= 0.6 is 23.4 Å². The van der Waals surface area contributed by atoms with Gasteiger partial charge in [0.2, 0.25) is 0 Å². The fourth-order valence-corrected chi connectivity index (χ4v) is 2.98. The molecule has 2 aromatic heterocycles. The maximum absolute atomic E-state index is 5.82. The third-order valence-corrected chi connectivity index (χ3v) is 4.24. The predicted octanol–water partition coefficient (Wildman–Crippen LogP) is 4.04. The molecule has 0 unspecified atom stereocenters. The Kier molecular flexibility index (Phi) is 3.21. The molecule has 19 heavy (non-hydrogen) atoms. The highest BCUT2D eigenvalue weighted by atomic mass is 35.5. The van der Waals surface area contributed by atoms with Gasteiger partial charge in [-0.3, -0.25) is 4.40 Å². The van der Waals surface area contributed by atoms with Crippen LogP contribution in [0.5, 0.6) is 0 Å². The number of fused-ring (bicyclic) bond motifs is 3. The van der Waals surface area contributed by atoms with Crippen LogP contribution < -0.4 is 0 Å². The van der Waals surface area contributed by atoms with E-state index in [-0.39, 0.29) is 0 Å². The molecule has 0 bridgehead atoms. The minimum absolute atomic E-state index is 0.609. The first-order valence-corrected chi connectivity index (χ1v) is 7.23. The summed E-state index contributed by atoms with van der Waals surface area (Å²) >= 11 is 7.36. The van der Waals surface area contributed by atoms with Crippen LogP contribution in [-0.4, -0.2) is 20.4 Å². The average Bonchev–Trinajstić information content (AvgIpc) is 2.80. The van der Waals surface area contributed by atoms with E-state index in [4.69, 9.17) is 11.6 Å². The van der Waals surface area contributed by atoms with Gasteiger partial charge in [-0.25, -0.2) is 0 Å². The molecule has 0 aliphatic heterocycles. The van der Waals surface area contributed by atoms with E-state index in [1.807, 2.05) is 12.1 Å². The Bertz CT molecular complexity index is 779. The molecule has 0 amide bonds. The number of halogens is 1. The molecule has 0 saturated carbocycles. The van der Waals surface area contributed by atoms with E-state index in [0.717, 1.165) is 16.3 Å². The van der Waals surface area contributed by atoms with Gasteiger partial charge in [-0.2, -0.15) is 0 Å². The third-order valence-electron chi connectivity index (χ3n) is 2.93. The molecule has 2 heterocycles. The van der Waals surface area contributed by atoms with Crippen molar-refractivity contribution in [1.29, 1.82) is 0 Å². The Labute approximate surface area is 120 Å². The Morgan fingerprint density at radius 3 is 2.95 bits per heavy atom. The lowest BCUT2D eigenvalue weighted by atomic mass is 10.1. The lowest BCUT2D eigenvalue weighted by Gasteiger charge is -2.06. The molecule has 5 heteroatoms. The zero-order valence-electron chi connectivity index (χ0n) is 10.4. The van der Waals surface area contributed by atoms with Gasteiger partial charge in [0, 0.05) is 16.2 Å². The van der Waals surface area contributed by atoms with E-state index in [1.54, 1.807) is 11.8 Å². The van der Waals surface area contributed by atoms with Crippen LogP contribution in [0.25, 0.3) is 16.6 Å². The van der Waals surface area contributed by atoms with Crippen LogP contribution in [0, 0.1) is 6.92 Å². The first-order chi connectivity index (χ1) is 9.16. The molecule has 3 aromatic rings. The van der Waals surface area contributed by atoms with Crippen molar-refractivity contribution >= 4 is 39.9 Å². The Hall–Kier alpha value is -1.52. The number of aromatic nitrogens is 3. The predicted molar refractivity (Wildman–Crippen MR) is 80.9 cm³/mol. The monoisotopic (exact) mass is 289 g/mol. The first-order valence-electron chi connectivity index (χ1n) is 5.86. The number of para-hydroxylation sites is 1. The highest BCUT2D eigenvalue weighted by Crippen LogP contribution is 2.26. The van der Waals surface area contributed by atoms with E-state index in [2.05, 4.69) is 46.3 Å². The van der Waals surface area contributed by atoms with Gasteiger partial charge in [0.05, 0.1) is 5.52 Å². The van der Waals surface area contributed by atoms with E-state index in [9.17, 15) is 0 Å². The molecule has 0 aliphatic rings. The van der Waals surface area contributed by atoms with Gasteiger partial charge in [0.25, 0.3) is 0 Å². The first kappa shape index (κ1) is 12.5. The molecule has 3 nitrogen and oxygen atoms in total. The van der Waals surface area contributed by atoms with Crippen LogP contribution in [0.4, 0.5) is 0 Å². The number of hydrogen-bond acceptors (Lipinski definition) is 3. The summed E-state index contributed by atoms with van der Waals surface area (Å²) in [6.45, 7) is 5.79. The number of rotatable bonds is 3. The van der Waals surface area contributed by atoms with Gasteiger partial charge in [-0.05, 0) is 24.6 Å². The second kappa shape index (κ2) is 4.87. The Balaban J connectivity index is 2.25. The summed E-state index contributed by atoms with van der Waals surface area (Å²) < 4.78 is 2.06. The molecule has 0 N–H and O–H groups in total. The van der Waals surface area contributed by atoms with Crippen molar-refractivity contribution in [2.45, 2.75) is 12.1 Å².